The summed E-state index contributed by atoms with van der Waals surface area (Å²) in [6.45, 7) is 6.31. The average Bonchev–Trinajstić information content (AvgIpc) is 2.64. The van der Waals surface area contributed by atoms with Crippen LogP contribution in [0.1, 0.15) is 32.9 Å². The largest absolute Gasteiger partial charge is 0.465 e. The Kier molecular flexibility index (Phi) is 5.64. The first-order chi connectivity index (χ1) is 14.4. The van der Waals surface area contributed by atoms with Crippen molar-refractivity contribution in [3.8, 4) is 5.75 Å². The second-order valence-electron chi connectivity index (χ2n) is 8.34. The second-order valence-corrected chi connectivity index (χ2v) is 8.34. The van der Waals surface area contributed by atoms with Gasteiger partial charge in [-0.05, 0) is 55.8 Å². The number of aromatic nitrogens is 2. The first kappa shape index (κ1) is 22.5. The maximum absolute atomic E-state index is 15.1. The molecular weight excluding hydrogens is 408 g/mol. The summed E-state index contributed by atoms with van der Waals surface area (Å²) in [7, 11) is 1.59. The molecule has 9 heteroatoms. The van der Waals surface area contributed by atoms with Gasteiger partial charge in [0.2, 0.25) is 0 Å². The number of rotatable bonds is 6. The number of hydrogen-bond acceptors (Lipinski definition) is 4. The maximum Gasteiger partial charge on any atom is 0.421 e. The van der Waals surface area contributed by atoms with Crippen LogP contribution in [0, 0.1) is 12.8 Å². The summed E-state index contributed by atoms with van der Waals surface area (Å²) < 4.78 is 36.7. The highest BCUT2D eigenvalue weighted by molar-refractivity contribution is 6.06. The number of ether oxygens (including phenoxy) is 1. The summed E-state index contributed by atoms with van der Waals surface area (Å²) in [5.74, 6) is -0.458. The Morgan fingerprint density at radius 2 is 1.94 bits per heavy atom. The minimum absolute atomic E-state index is 0.154. The minimum Gasteiger partial charge on any atom is -0.465 e. The number of alkyl halides is 2. The van der Waals surface area contributed by atoms with E-state index in [-0.39, 0.29) is 29.0 Å². The van der Waals surface area contributed by atoms with Crippen molar-refractivity contribution in [2.75, 3.05) is 0 Å². The van der Waals surface area contributed by atoms with Gasteiger partial charge in [0.05, 0.1) is 16.6 Å². The molecule has 1 aromatic carbocycles. The molecule has 2 heterocycles. The van der Waals surface area contributed by atoms with E-state index in [9.17, 15) is 9.59 Å². The summed E-state index contributed by atoms with van der Waals surface area (Å²) in [5, 5.41) is 12.5. The molecule has 1 unspecified atom stereocenters. The standard InChI is InChI=1S/C22H25F2N3O4/c1-12(2)11-21(4,26-20(29)30)22(23,24)31-14-6-7-15-16-8-9-25-13(3)18(16)27(5)19(28)17(15)10-14/h6-10,12,26H,11H2,1-5H3,(H,29,30). The summed E-state index contributed by atoms with van der Waals surface area (Å²) in [6, 6.07) is 5.92. The Balaban J connectivity index is 2.11. The highest BCUT2D eigenvalue weighted by Gasteiger charge is 2.54. The lowest BCUT2D eigenvalue weighted by molar-refractivity contribution is -0.231. The molecule has 3 aromatic rings. The number of nitrogens with one attached hydrogen (secondary N) is 1. The van der Waals surface area contributed by atoms with E-state index in [2.05, 4.69) is 4.98 Å². The van der Waals surface area contributed by atoms with E-state index in [0.717, 1.165) is 12.3 Å². The third-order valence-corrected chi connectivity index (χ3v) is 5.35. The van der Waals surface area contributed by atoms with E-state index < -0.39 is 17.7 Å². The van der Waals surface area contributed by atoms with Crippen LogP contribution in [0.3, 0.4) is 0 Å². The molecular formula is C22H25F2N3O4. The molecule has 0 radical (unpaired) electrons. The fourth-order valence-corrected chi connectivity index (χ4v) is 4.04. The zero-order valence-electron chi connectivity index (χ0n) is 18.0. The molecule has 2 N–H and O–H groups in total. The van der Waals surface area contributed by atoms with Gasteiger partial charge in [0, 0.05) is 18.6 Å². The Hall–Kier alpha value is -3.23. The van der Waals surface area contributed by atoms with Crippen LogP contribution in [0.2, 0.25) is 0 Å². The minimum atomic E-state index is -3.87. The van der Waals surface area contributed by atoms with Crippen LogP contribution in [0.15, 0.2) is 35.3 Å². The van der Waals surface area contributed by atoms with Crippen molar-refractivity contribution in [2.45, 2.75) is 45.8 Å². The SMILES string of the molecule is Cc1nccc2c3ccc(OC(F)(F)C(C)(CC(C)C)NC(=O)O)cc3c(=O)n(C)c12. The summed E-state index contributed by atoms with van der Waals surface area (Å²) >= 11 is 0. The first-order valence-corrected chi connectivity index (χ1v) is 9.82. The zero-order chi connectivity index (χ0) is 23.1. The van der Waals surface area contributed by atoms with Crippen molar-refractivity contribution in [1.82, 2.24) is 14.9 Å². The van der Waals surface area contributed by atoms with E-state index in [0.29, 0.717) is 16.6 Å². The number of fused-ring (bicyclic) bond motifs is 3. The van der Waals surface area contributed by atoms with E-state index in [1.165, 1.54) is 16.7 Å². The summed E-state index contributed by atoms with van der Waals surface area (Å²) in [4.78, 5) is 28.3. The molecule has 1 atom stereocenters. The van der Waals surface area contributed by atoms with Crippen LogP contribution in [-0.4, -0.2) is 32.4 Å². The molecule has 0 saturated carbocycles. The number of carboxylic acid groups (broad SMARTS) is 1. The van der Waals surface area contributed by atoms with Gasteiger partial charge in [-0.3, -0.25) is 9.78 Å². The predicted molar refractivity (Wildman–Crippen MR) is 114 cm³/mol. The van der Waals surface area contributed by atoms with Gasteiger partial charge in [0.25, 0.3) is 5.56 Å². The van der Waals surface area contributed by atoms with Gasteiger partial charge >= 0.3 is 12.2 Å². The van der Waals surface area contributed by atoms with Gasteiger partial charge in [-0.2, -0.15) is 8.78 Å². The molecule has 0 saturated heterocycles. The molecule has 0 bridgehead atoms. The quantitative estimate of drug-likeness (QED) is 0.561. The van der Waals surface area contributed by atoms with Gasteiger partial charge in [-0.1, -0.05) is 13.8 Å². The molecule has 2 aromatic heterocycles. The highest BCUT2D eigenvalue weighted by atomic mass is 19.3. The number of aryl methyl sites for hydroxylation is 2. The fraction of sp³-hybridized carbons (Fsp3) is 0.409. The van der Waals surface area contributed by atoms with Crippen molar-refractivity contribution in [3.05, 3.63) is 46.5 Å². The highest BCUT2D eigenvalue weighted by Crippen LogP contribution is 2.37. The lowest BCUT2D eigenvalue weighted by Gasteiger charge is -2.37. The van der Waals surface area contributed by atoms with Crippen molar-refractivity contribution in [2.24, 2.45) is 13.0 Å². The van der Waals surface area contributed by atoms with Gasteiger partial charge in [0.1, 0.15) is 11.3 Å². The number of pyridine rings is 2. The molecule has 0 fully saturated rings. The average molecular weight is 433 g/mol. The van der Waals surface area contributed by atoms with Crippen LogP contribution in [0.4, 0.5) is 13.6 Å². The number of hydrogen-bond donors (Lipinski definition) is 2. The topological polar surface area (TPSA) is 93.5 Å². The Morgan fingerprint density at radius 3 is 2.55 bits per heavy atom. The number of carbonyl (C=O) groups is 1. The van der Waals surface area contributed by atoms with Crippen molar-refractivity contribution in [1.29, 1.82) is 0 Å². The van der Waals surface area contributed by atoms with Gasteiger partial charge in [-0.15, -0.1) is 0 Å². The summed E-state index contributed by atoms with van der Waals surface area (Å²) in [6.07, 6.45) is -3.98. The molecule has 3 rings (SSSR count). The van der Waals surface area contributed by atoms with Crippen molar-refractivity contribution >= 4 is 27.8 Å². The maximum atomic E-state index is 15.1. The molecule has 166 valence electrons. The molecule has 0 aliphatic carbocycles. The Bertz CT molecular complexity index is 1220. The third kappa shape index (κ3) is 4.04. The number of nitrogens with zero attached hydrogens (tertiary/aromatic N) is 2. The van der Waals surface area contributed by atoms with E-state index in [4.69, 9.17) is 9.84 Å². The van der Waals surface area contributed by atoms with Crippen LogP contribution >= 0.6 is 0 Å². The number of amides is 1. The predicted octanol–water partition coefficient (Wildman–Crippen LogP) is 4.44. The summed E-state index contributed by atoms with van der Waals surface area (Å²) in [5.41, 5.74) is -1.20. The Morgan fingerprint density at radius 1 is 1.26 bits per heavy atom. The van der Waals surface area contributed by atoms with Crippen LogP contribution in [0.5, 0.6) is 5.75 Å². The molecule has 0 spiro atoms. The number of halogens is 2. The monoisotopic (exact) mass is 433 g/mol. The number of benzene rings is 1. The van der Waals surface area contributed by atoms with Crippen molar-refractivity contribution < 1.29 is 23.4 Å². The normalized spacial score (nSPS) is 14.1. The van der Waals surface area contributed by atoms with Crippen molar-refractivity contribution in [3.63, 3.8) is 0 Å². The van der Waals surface area contributed by atoms with E-state index in [1.54, 1.807) is 46.1 Å². The lowest BCUT2D eigenvalue weighted by Crippen LogP contribution is -2.61. The molecule has 0 aliphatic heterocycles. The zero-order valence-corrected chi connectivity index (χ0v) is 18.0. The first-order valence-electron chi connectivity index (χ1n) is 9.82. The lowest BCUT2D eigenvalue weighted by atomic mass is 9.89. The van der Waals surface area contributed by atoms with Crippen LogP contribution in [0.25, 0.3) is 21.7 Å². The smallest absolute Gasteiger partial charge is 0.421 e. The van der Waals surface area contributed by atoms with Crippen LogP contribution < -0.4 is 15.6 Å². The molecule has 7 nitrogen and oxygen atoms in total. The molecule has 31 heavy (non-hydrogen) atoms. The second kappa shape index (κ2) is 7.79. The van der Waals surface area contributed by atoms with Gasteiger partial charge in [0.15, 0.2) is 0 Å². The molecule has 0 aliphatic rings. The van der Waals surface area contributed by atoms with Gasteiger partial charge < -0.3 is 19.7 Å². The van der Waals surface area contributed by atoms with Crippen LogP contribution in [-0.2, 0) is 7.05 Å². The molecule has 1 amide bonds. The Labute approximate surface area is 177 Å². The van der Waals surface area contributed by atoms with Gasteiger partial charge in [-0.25, -0.2) is 4.79 Å². The van der Waals surface area contributed by atoms with E-state index in [1.807, 2.05) is 5.32 Å². The fourth-order valence-electron chi connectivity index (χ4n) is 4.04. The van der Waals surface area contributed by atoms with E-state index >= 15 is 8.78 Å². The third-order valence-electron chi connectivity index (χ3n) is 5.35.